The van der Waals surface area contributed by atoms with Gasteiger partial charge in [-0.15, -0.1) is 0 Å². The lowest BCUT2D eigenvalue weighted by Crippen LogP contribution is -2.30. The lowest BCUT2D eigenvalue weighted by Gasteiger charge is -2.21. The van der Waals surface area contributed by atoms with E-state index in [2.05, 4.69) is 41.5 Å². The van der Waals surface area contributed by atoms with Gasteiger partial charge in [0.1, 0.15) is 19.3 Å². The van der Waals surface area contributed by atoms with Crippen LogP contribution in [0.3, 0.4) is 0 Å². The first-order valence-electron chi connectivity index (χ1n) is 40.0. The van der Waals surface area contributed by atoms with Crippen molar-refractivity contribution in [2.45, 2.75) is 419 Å². The van der Waals surface area contributed by atoms with E-state index in [-0.39, 0.29) is 25.7 Å². The van der Waals surface area contributed by atoms with E-state index >= 15 is 0 Å². The molecule has 0 saturated carbocycles. The Hall–Kier alpha value is -1.94. The van der Waals surface area contributed by atoms with Gasteiger partial charge in [-0.1, -0.05) is 350 Å². The molecule has 0 amide bonds. The molecule has 0 aromatic carbocycles. The third-order valence-corrected chi connectivity index (χ3v) is 20.2. The van der Waals surface area contributed by atoms with Gasteiger partial charge in [0.2, 0.25) is 0 Å². The number of unbranched alkanes of at least 4 members (excludes halogenated alkanes) is 45. The molecule has 0 aromatic rings. The summed E-state index contributed by atoms with van der Waals surface area (Å²) in [5, 5.41) is 10.6. The van der Waals surface area contributed by atoms with Crippen molar-refractivity contribution in [3.8, 4) is 0 Å². The summed E-state index contributed by atoms with van der Waals surface area (Å²) in [7, 11) is -9.91. The van der Waals surface area contributed by atoms with Gasteiger partial charge in [-0.05, 0) is 37.5 Å². The summed E-state index contributed by atoms with van der Waals surface area (Å²) in [6.07, 6.45) is 56.7. The molecular weight excluding hydrogens is 1260 g/mol. The van der Waals surface area contributed by atoms with Gasteiger partial charge in [0.25, 0.3) is 0 Å². The van der Waals surface area contributed by atoms with E-state index < -0.39 is 97.5 Å². The van der Waals surface area contributed by atoms with Crippen LogP contribution in [0, 0.1) is 11.8 Å². The highest BCUT2D eigenvalue weighted by molar-refractivity contribution is 7.47. The Kier molecular flexibility index (Phi) is 67.4. The van der Waals surface area contributed by atoms with Gasteiger partial charge in [-0.2, -0.15) is 0 Å². The highest BCUT2D eigenvalue weighted by atomic mass is 31.2. The van der Waals surface area contributed by atoms with Gasteiger partial charge >= 0.3 is 39.5 Å². The minimum atomic E-state index is -4.96. The van der Waals surface area contributed by atoms with Crippen LogP contribution in [0.25, 0.3) is 0 Å². The van der Waals surface area contributed by atoms with E-state index in [1.54, 1.807) is 0 Å². The van der Waals surface area contributed by atoms with Crippen molar-refractivity contribution in [1.29, 1.82) is 0 Å². The average molecular weight is 1410 g/mol. The number of hydrogen-bond acceptors (Lipinski definition) is 15. The number of rotatable bonds is 76. The maximum Gasteiger partial charge on any atom is 0.472 e. The van der Waals surface area contributed by atoms with Crippen molar-refractivity contribution in [3.05, 3.63) is 0 Å². The van der Waals surface area contributed by atoms with Crippen molar-refractivity contribution in [1.82, 2.24) is 0 Å². The second kappa shape index (κ2) is 68.8. The quantitative estimate of drug-likeness (QED) is 0.0222. The fraction of sp³-hybridized carbons (Fsp3) is 0.948. The smallest absolute Gasteiger partial charge is 0.462 e. The number of phosphoric ester groups is 2. The first kappa shape index (κ1) is 94.1. The first-order chi connectivity index (χ1) is 46.4. The second-order valence-corrected chi connectivity index (χ2v) is 31.4. The molecule has 3 unspecified atom stereocenters. The zero-order chi connectivity index (χ0) is 70.7. The third-order valence-electron chi connectivity index (χ3n) is 18.3. The Labute approximate surface area is 588 Å². The zero-order valence-corrected chi connectivity index (χ0v) is 64.5. The summed E-state index contributed by atoms with van der Waals surface area (Å²) in [5.74, 6) is -0.563. The molecular formula is C77H150O17P2. The normalized spacial score (nSPS) is 14.3. The van der Waals surface area contributed by atoms with Crippen molar-refractivity contribution in [2.75, 3.05) is 39.6 Å². The number of carbonyl (C=O) groups is 4. The summed E-state index contributed by atoms with van der Waals surface area (Å²) in [5.41, 5.74) is 0. The molecule has 17 nitrogen and oxygen atoms in total. The van der Waals surface area contributed by atoms with Crippen LogP contribution in [0.1, 0.15) is 401 Å². The van der Waals surface area contributed by atoms with Gasteiger partial charge in [0, 0.05) is 25.7 Å². The van der Waals surface area contributed by atoms with E-state index in [9.17, 15) is 43.2 Å². The van der Waals surface area contributed by atoms with Crippen LogP contribution >= 0.6 is 15.6 Å². The van der Waals surface area contributed by atoms with Gasteiger partial charge < -0.3 is 33.8 Å². The molecule has 0 bridgehead atoms. The van der Waals surface area contributed by atoms with Crippen molar-refractivity contribution < 1.29 is 80.2 Å². The Morgan fingerprint density at radius 3 is 0.792 bits per heavy atom. The lowest BCUT2D eigenvalue weighted by atomic mass is 9.99. The van der Waals surface area contributed by atoms with Crippen LogP contribution in [0.4, 0.5) is 0 Å². The third kappa shape index (κ3) is 69.2. The Morgan fingerprint density at radius 2 is 0.531 bits per heavy atom. The molecule has 6 atom stereocenters. The first-order valence-corrected chi connectivity index (χ1v) is 43.0. The molecule has 0 rings (SSSR count). The molecule has 0 aromatic heterocycles. The van der Waals surface area contributed by atoms with Crippen LogP contribution < -0.4 is 0 Å². The standard InChI is InChI=1S/C77H150O17P2/c1-7-10-12-14-16-18-20-22-24-25-27-31-36-44-50-56-62-77(82)93-72(65-87-74(79)59-53-47-41-34-32-28-29-33-39-45-51-57-69(4)5)67-91-95(83,84)89-63-71(78)64-90-96(85,86)92-68-73(66-88-75(80)60-54-48-42-38-37-40-46-52-58-70(6)9-3)94-76(81)61-55-49-43-35-30-26-23-21-19-17-15-13-11-8-2/h69-73,78H,7-68H2,1-6H3,(H,83,84)(H,85,86)/t70?,71-,72-,73-/m1/s1. The maximum atomic E-state index is 13.1. The molecule has 0 spiro atoms. The minimum Gasteiger partial charge on any atom is -0.462 e. The fourth-order valence-corrected chi connectivity index (χ4v) is 13.4. The summed E-state index contributed by atoms with van der Waals surface area (Å²) in [6.45, 7) is 9.62. The highest BCUT2D eigenvalue weighted by Crippen LogP contribution is 2.45. The number of aliphatic hydroxyl groups is 1. The van der Waals surface area contributed by atoms with Gasteiger partial charge in [-0.3, -0.25) is 37.3 Å². The predicted molar refractivity (Wildman–Crippen MR) is 391 cm³/mol. The molecule has 0 aliphatic carbocycles. The number of phosphoric acid groups is 2. The number of ether oxygens (including phenoxy) is 4. The molecule has 0 aliphatic heterocycles. The fourth-order valence-electron chi connectivity index (χ4n) is 11.8. The molecule has 3 N–H and O–H groups in total. The molecule has 0 fully saturated rings. The Morgan fingerprint density at radius 1 is 0.302 bits per heavy atom. The van der Waals surface area contributed by atoms with E-state index in [4.69, 9.17) is 37.0 Å². The van der Waals surface area contributed by atoms with Gasteiger partial charge in [0.15, 0.2) is 12.2 Å². The summed E-state index contributed by atoms with van der Waals surface area (Å²) >= 11 is 0. The number of aliphatic hydroxyl groups excluding tert-OH is 1. The highest BCUT2D eigenvalue weighted by Gasteiger charge is 2.30. The van der Waals surface area contributed by atoms with Gasteiger partial charge in [0.05, 0.1) is 26.4 Å². The van der Waals surface area contributed by atoms with Crippen molar-refractivity contribution in [3.63, 3.8) is 0 Å². The van der Waals surface area contributed by atoms with E-state index in [0.29, 0.717) is 25.7 Å². The zero-order valence-electron chi connectivity index (χ0n) is 62.7. The summed E-state index contributed by atoms with van der Waals surface area (Å²) in [6, 6.07) is 0. The van der Waals surface area contributed by atoms with Crippen LogP contribution in [-0.4, -0.2) is 96.7 Å². The Bertz CT molecular complexity index is 1860. The SMILES string of the molecule is CCCCCCCCCCCCCCCCCCC(=O)O[C@H](COC(=O)CCCCCCCCCCCCCC(C)C)COP(=O)(O)OC[C@@H](O)COP(=O)(O)OC[C@@H](COC(=O)CCCCCCCCCCC(C)CC)OC(=O)CCCCCCCCCCCCCCCC. The largest absolute Gasteiger partial charge is 0.472 e. The van der Waals surface area contributed by atoms with Crippen molar-refractivity contribution in [2.24, 2.45) is 11.8 Å². The summed E-state index contributed by atoms with van der Waals surface area (Å²) < 4.78 is 68.6. The van der Waals surface area contributed by atoms with Crippen LogP contribution in [0.15, 0.2) is 0 Å². The Balaban J connectivity index is 5.27. The van der Waals surface area contributed by atoms with Crippen LogP contribution in [0.2, 0.25) is 0 Å². The monoisotopic (exact) mass is 1410 g/mol. The molecule has 0 radical (unpaired) electrons. The number of hydrogen-bond donors (Lipinski definition) is 3. The van der Waals surface area contributed by atoms with E-state index in [1.807, 2.05) is 0 Å². The van der Waals surface area contributed by atoms with Crippen LogP contribution in [-0.2, 0) is 65.4 Å². The average Bonchev–Trinajstić information content (AvgIpc) is 1.40. The summed E-state index contributed by atoms with van der Waals surface area (Å²) in [4.78, 5) is 72.9. The maximum absolute atomic E-state index is 13.1. The number of carbonyl (C=O) groups excluding carboxylic acids is 4. The van der Waals surface area contributed by atoms with Crippen LogP contribution in [0.5, 0.6) is 0 Å². The second-order valence-electron chi connectivity index (χ2n) is 28.5. The molecule has 0 aliphatic rings. The minimum absolute atomic E-state index is 0.108. The molecule has 0 saturated heterocycles. The molecule has 0 heterocycles. The molecule has 570 valence electrons. The molecule has 19 heteroatoms. The van der Waals surface area contributed by atoms with Crippen molar-refractivity contribution >= 4 is 39.5 Å². The number of esters is 4. The van der Waals surface area contributed by atoms with E-state index in [1.165, 1.54) is 218 Å². The lowest BCUT2D eigenvalue weighted by molar-refractivity contribution is -0.161. The molecule has 96 heavy (non-hydrogen) atoms. The topological polar surface area (TPSA) is 237 Å². The van der Waals surface area contributed by atoms with Gasteiger partial charge in [-0.25, -0.2) is 9.13 Å². The van der Waals surface area contributed by atoms with E-state index in [0.717, 1.165) is 102 Å². The predicted octanol–water partition coefficient (Wildman–Crippen LogP) is 22.7.